The van der Waals surface area contributed by atoms with Gasteiger partial charge < -0.3 is 0 Å². The van der Waals surface area contributed by atoms with E-state index in [2.05, 4.69) is 182 Å². The van der Waals surface area contributed by atoms with Crippen molar-refractivity contribution in [1.82, 2.24) is 0 Å². The minimum atomic E-state index is 1.24. The first-order chi connectivity index (χ1) is 26.8. The monoisotopic (exact) mass is 718 g/mol. The van der Waals surface area contributed by atoms with Gasteiger partial charge in [-0.3, -0.25) is 0 Å². The van der Waals surface area contributed by atoms with Gasteiger partial charge >= 0.3 is 0 Å². The van der Waals surface area contributed by atoms with Gasteiger partial charge in [-0.1, -0.05) is 146 Å². The molecule has 12 rings (SSSR count). The molecular formula is C52H30S2. The van der Waals surface area contributed by atoms with E-state index in [-0.39, 0.29) is 0 Å². The van der Waals surface area contributed by atoms with Gasteiger partial charge in [-0.05, 0) is 107 Å². The normalized spacial score (nSPS) is 12.1. The highest BCUT2D eigenvalue weighted by Crippen LogP contribution is 2.46. The quantitative estimate of drug-likeness (QED) is 0.160. The van der Waals surface area contributed by atoms with Gasteiger partial charge in [0.1, 0.15) is 0 Å². The van der Waals surface area contributed by atoms with Crippen LogP contribution in [0.2, 0.25) is 0 Å². The first-order valence-electron chi connectivity index (χ1n) is 18.5. The summed E-state index contributed by atoms with van der Waals surface area (Å²) in [5, 5.41) is 15.7. The van der Waals surface area contributed by atoms with Crippen molar-refractivity contribution in [2.45, 2.75) is 0 Å². The number of hydrogen-bond donors (Lipinski definition) is 0. The zero-order valence-corrected chi connectivity index (χ0v) is 30.8. The van der Waals surface area contributed by atoms with Gasteiger partial charge in [0.15, 0.2) is 0 Å². The maximum atomic E-state index is 2.40. The molecule has 0 nitrogen and oxygen atoms in total. The van der Waals surface area contributed by atoms with Crippen LogP contribution in [-0.4, -0.2) is 0 Å². The average molecular weight is 719 g/mol. The van der Waals surface area contributed by atoms with E-state index in [9.17, 15) is 0 Å². The third-order valence-electron chi connectivity index (χ3n) is 11.4. The van der Waals surface area contributed by atoms with Crippen molar-refractivity contribution in [3.63, 3.8) is 0 Å². The largest absolute Gasteiger partial charge is 0.135 e. The van der Waals surface area contributed by atoms with Crippen LogP contribution >= 0.6 is 22.7 Å². The van der Waals surface area contributed by atoms with Crippen molar-refractivity contribution in [2.24, 2.45) is 0 Å². The highest BCUT2D eigenvalue weighted by Gasteiger charge is 2.18. The summed E-state index contributed by atoms with van der Waals surface area (Å²) in [7, 11) is 0. The maximum Gasteiger partial charge on any atom is 0.0434 e. The molecule has 0 amide bonds. The summed E-state index contributed by atoms with van der Waals surface area (Å²) in [6.45, 7) is 0. The summed E-state index contributed by atoms with van der Waals surface area (Å²) in [5.74, 6) is 0. The summed E-state index contributed by atoms with van der Waals surface area (Å²) in [6.07, 6.45) is 0. The van der Waals surface area contributed by atoms with E-state index in [1.54, 1.807) is 0 Å². The molecule has 0 aliphatic heterocycles. The highest BCUT2D eigenvalue weighted by molar-refractivity contribution is 7.27. The summed E-state index contributed by atoms with van der Waals surface area (Å²) in [5.41, 5.74) is 7.58. The molecule has 0 fully saturated rings. The molecule has 0 aliphatic rings. The standard InChI is InChI=1S/C52H30S2/c1-2-10-31(11-3-1)49-37-12-4-6-14-39(37)50(40-15-7-5-13-38(40)49)36-21-20-32-28-33(18-19-34(32)29-36)35-22-26-47-45(30-35)43-24-23-41-42(52(43)54-47)25-27-48-51(41)44-16-8-9-17-46(44)53-48/h1-30H. The van der Waals surface area contributed by atoms with E-state index in [4.69, 9.17) is 0 Å². The molecule has 0 radical (unpaired) electrons. The molecule has 0 N–H and O–H groups in total. The molecule has 2 heteroatoms. The minimum absolute atomic E-state index is 1.24. The van der Waals surface area contributed by atoms with Gasteiger partial charge in [0.2, 0.25) is 0 Å². The van der Waals surface area contributed by atoms with Crippen LogP contribution in [0, 0.1) is 0 Å². The van der Waals surface area contributed by atoms with Gasteiger partial charge in [-0.2, -0.15) is 0 Å². The topological polar surface area (TPSA) is 0 Å². The molecule has 250 valence electrons. The number of benzene rings is 10. The fraction of sp³-hybridized carbons (Fsp3) is 0. The van der Waals surface area contributed by atoms with Crippen LogP contribution in [0.3, 0.4) is 0 Å². The van der Waals surface area contributed by atoms with Crippen LogP contribution in [0.15, 0.2) is 182 Å². The lowest BCUT2D eigenvalue weighted by Gasteiger charge is -2.18. The Balaban J connectivity index is 0.980. The number of fused-ring (bicyclic) bond motifs is 12. The Kier molecular flexibility index (Phi) is 6.48. The molecule has 0 saturated heterocycles. The predicted octanol–water partition coefficient (Wildman–Crippen LogP) is 16.0. The third kappa shape index (κ3) is 4.42. The third-order valence-corrected chi connectivity index (χ3v) is 13.8. The van der Waals surface area contributed by atoms with Crippen molar-refractivity contribution in [3.05, 3.63) is 182 Å². The summed E-state index contributed by atoms with van der Waals surface area (Å²) < 4.78 is 5.42. The maximum absolute atomic E-state index is 2.40. The van der Waals surface area contributed by atoms with Crippen LogP contribution in [0.1, 0.15) is 0 Å². The second kappa shape index (κ2) is 11.6. The van der Waals surface area contributed by atoms with E-state index in [1.165, 1.54) is 117 Å². The van der Waals surface area contributed by atoms with Crippen molar-refractivity contribution >= 4 is 106 Å². The minimum Gasteiger partial charge on any atom is -0.135 e. The molecule has 0 unspecified atom stereocenters. The summed E-state index contributed by atoms with van der Waals surface area (Å²) in [6, 6.07) is 67.8. The number of hydrogen-bond acceptors (Lipinski definition) is 2. The van der Waals surface area contributed by atoms with Gasteiger partial charge in [-0.15, -0.1) is 22.7 Å². The van der Waals surface area contributed by atoms with Gasteiger partial charge in [-0.25, -0.2) is 0 Å². The van der Waals surface area contributed by atoms with Crippen LogP contribution in [0.25, 0.3) is 117 Å². The van der Waals surface area contributed by atoms with Gasteiger partial charge in [0, 0.05) is 45.7 Å². The van der Waals surface area contributed by atoms with Crippen LogP contribution in [0.4, 0.5) is 0 Å². The van der Waals surface area contributed by atoms with Gasteiger partial charge in [0.05, 0.1) is 0 Å². The van der Waals surface area contributed by atoms with E-state index in [1.807, 2.05) is 22.7 Å². The lowest BCUT2D eigenvalue weighted by molar-refractivity contribution is 1.66. The van der Waals surface area contributed by atoms with Crippen molar-refractivity contribution < 1.29 is 0 Å². The lowest BCUT2D eigenvalue weighted by Crippen LogP contribution is -1.90. The first kappa shape index (κ1) is 30.2. The Labute approximate surface area is 319 Å². The fourth-order valence-electron chi connectivity index (χ4n) is 8.98. The highest BCUT2D eigenvalue weighted by atomic mass is 32.1. The van der Waals surface area contributed by atoms with Crippen LogP contribution < -0.4 is 0 Å². The Morgan fingerprint density at radius 3 is 1.50 bits per heavy atom. The molecule has 10 aromatic carbocycles. The molecule has 2 heterocycles. The van der Waals surface area contributed by atoms with E-state index < -0.39 is 0 Å². The molecule has 0 spiro atoms. The molecule has 0 saturated carbocycles. The van der Waals surface area contributed by atoms with E-state index >= 15 is 0 Å². The second-order valence-electron chi connectivity index (χ2n) is 14.4. The SMILES string of the molecule is c1ccc(-c2c3ccccc3c(-c3ccc4cc(-c5ccc6sc7c(ccc8c7ccc7sc9ccccc9c78)c6c5)ccc4c3)c3ccccc23)cc1. The Morgan fingerprint density at radius 1 is 0.259 bits per heavy atom. The molecule has 12 aromatic rings. The number of rotatable bonds is 3. The van der Waals surface area contributed by atoms with Gasteiger partial charge in [0.25, 0.3) is 0 Å². The van der Waals surface area contributed by atoms with Crippen molar-refractivity contribution in [3.8, 4) is 33.4 Å². The molecule has 0 atom stereocenters. The average Bonchev–Trinajstić information content (AvgIpc) is 3.81. The van der Waals surface area contributed by atoms with Crippen LogP contribution in [0.5, 0.6) is 0 Å². The Morgan fingerprint density at radius 2 is 0.759 bits per heavy atom. The number of thiophene rings is 2. The lowest BCUT2D eigenvalue weighted by atomic mass is 9.85. The fourth-order valence-corrected chi connectivity index (χ4v) is 11.3. The molecule has 54 heavy (non-hydrogen) atoms. The van der Waals surface area contributed by atoms with Crippen LogP contribution in [-0.2, 0) is 0 Å². The second-order valence-corrected chi connectivity index (χ2v) is 16.5. The summed E-state index contributed by atoms with van der Waals surface area (Å²) >= 11 is 3.81. The zero-order valence-electron chi connectivity index (χ0n) is 29.1. The first-order valence-corrected chi connectivity index (χ1v) is 20.1. The Hall–Kier alpha value is -6.32. The predicted molar refractivity (Wildman–Crippen MR) is 239 cm³/mol. The van der Waals surface area contributed by atoms with E-state index in [0.717, 1.165) is 0 Å². The molecule has 0 bridgehead atoms. The van der Waals surface area contributed by atoms with Crippen molar-refractivity contribution in [1.29, 1.82) is 0 Å². The van der Waals surface area contributed by atoms with Crippen molar-refractivity contribution in [2.75, 3.05) is 0 Å². The van der Waals surface area contributed by atoms with E-state index in [0.29, 0.717) is 0 Å². The molecule has 0 aliphatic carbocycles. The zero-order chi connectivity index (χ0) is 35.3. The smallest absolute Gasteiger partial charge is 0.0434 e. The molecular weight excluding hydrogens is 689 g/mol. The molecule has 2 aromatic heterocycles. The summed E-state index contributed by atoms with van der Waals surface area (Å²) in [4.78, 5) is 0. The Bertz CT molecular complexity index is 3430.